The number of nitrogens with zero attached hydrogens (tertiary/aromatic N) is 2. The fourth-order valence-corrected chi connectivity index (χ4v) is 3.31. The highest BCUT2D eigenvalue weighted by molar-refractivity contribution is 5.97. The number of amides is 3. The van der Waals surface area contributed by atoms with Crippen molar-refractivity contribution in [2.24, 2.45) is 0 Å². The second kappa shape index (κ2) is 8.55. The van der Waals surface area contributed by atoms with Crippen molar-refractivity contribution in [3.8, 4) is 5.75 Å². The number of phenolic OH excluding ortho intramolecular Hbond substituents is 1. The average Bonchev–Trinajstić information content (AvgIpc) is 2.70. The number of carbonyl (C=O) groups is 2. The van der Waals surface area contributed by atoms with Crippen molar-refractivity contribution >= 4 is 17.6 Å². The molecule has 142 valence electrons. The number of imide groups is 1. The Morgan fingerprint density at radius 2 is 1.59 bits per heavy atom. The minimum absolute atomic E-state index is 0.243. The summed E-state index contributed by atoms with van der Waals surface area (Å²) in [5.74, 6) is -0.0916. The minimum atomic E-state index is -0.523. The quantitative estimate of drug-likeness (QED) is 0.765. The summed E-state index contributed by atoms with van der Waals surface area (Å²) in [7, 11) is 1.48. The molecule has 7 nitrogen and oxygen atoms in total. The Kier molecular flexibility index (Phi) is 5.93. The second-order valence-electron chi connectivity index (χ2n) is 6.42. The fourth-order valence-electron chi connectivity index (χ4n) is 3.31. The molecule has 7 heteroatoms. The van der Waals surface area contributed by atoms with E-state index in [1.165, 1.54) is 7.05 Å². The van der Waals surface area contributed by atoms with Gasteiger partial charge in [-0.1, -0.05) is 30.3 Å². The molecule has 3 rings (SSSR count). The first kappa shape index (κ1) is 18.7. The molecule has 3 N–H and O–H groups in total. The maximum atomic E-state index is 12.7. The number of carbonyl (C=O) groups excluding carboxylic acids is 2. The predicted octanol–water partition coefficient (Wildman–Crippen LogP) is 1.71. The molecule has 1 atom stereocenters. The van der Waals surface area contributed by atoms with Crippen molar-refractivity contribution in [2.75, 3.05) is 38.1 Å². The first-order valence-electron chi connectivity index (χ1n) is 8.94. The lowest BCUT2D eigenvalue weighted by atomic mass is 10.0. The van der Waals surface area contributed by atoms with E-state index in [2.05, 4.69) is 20.4 Å². The summed E-state index contributed by atoms with van der Waals surface area (Å²) < 4.78 is 0. The first-order valence-corrected chi connectivity index (χ1v) is 8.94. The molecule has 3 amide bonds. The summed E-state index contributed by atoms with van der Waals surface area (Å²) >= 11 is 0. The van der Waals surface area contributed by atoms with Crippen LogP contribution in [0.15, 0.2) is 54.6 Å². The smallest absolute Gasteiger partial charge is 0.321 e. The number of aromatic hydroxyl groups is 1. The zero-order chi connectivity index (χ0) is 19.2. The van der Waals surface area contributed by atoms with E-state index in [0.29, 0.717) is 13.1 Å². The van der Waals surface area contributed by atoms with Gasteiger partial charge in [0.2, 0.25) is 5.91 Å². The molecule has 0 aromatic heterocycles. The number of benzene rings is 2. The summed E-state index contributed by atoms with van der Waals surface area (Å²) in [6.07, 6.45) is 0. The summed E-state index contributed by atoms with van der Waals surface area (Å²) in [4.78, 5) is 28.7. The van der Waals surface area contributed by atoms with Crippen LogP contribution in [0, 0.1) is 0 Å². The lowest BCUT2D eigenvalue weighted by Crippen LogP contribution is -2.52. The number of piperazine rings is 1. The van der Waals surface area contributed by atoms with Gasteiger partial charge in [0.05, 0.1) is 0 Å². The standard InChI is InChI=1S/C20H24N4O3/c1-21-20(27)22-19(26)18(15-5-3-2-4-6-15)24-13-11-23(12-14-24)16-7-9-17(25)10-8-16/h2-10,18,25H,11-14H2,1H3,(H2,21,22,26,27)/t18-/m1/s1. The maximum absolute atomic E-state index is 12.7. The minimum Gasteiger partial charge on any atom is -0.508 e. The Balaban J connectivity index is 1.73. The van der Waals surface area contributed by atoms with Crippen LogP contribution in [0.2, 0.25) is 0 Å². The van der Waals surface area contributed by atoms with Gasteiger partial charge in [-0.05, 0) is 29.8 Å². The van der Waals surface area contributed by atoms with Crippen LogP contribution in [-0.2, 0) is 4.79 Å². The molecule has 0 spiro atoms. The molecule has 0 saturated carbocycles. The van der Waals surface area contributed by atoms with E-state index in [1.54, 1.807) is 12.1 Å². The molecule has 2 aromatic rings. The van der Waals surface area contributed by atoms with Crippen molar-refractivity contribution in [3.63, 3.8) is 0 Å². The molecule has 1 aliphatic rings. The van der Waals surface area contributed by atoms with E-state index in [0.717, 1.165) is 24.3 Å². The third-order valence-electron chi connectivity index (χ3n) is 4.72. The topological polar surface area (TPSA) is 84.9 Å². The van der Waals surface area contributed by atoms with Crippen molar-refractivity contribution < 1.29 is 14.7 Å². The molecule has 0 bridgehead atoms. The summed E-state index contributed by atoms with van der Waals surface area (Å²) in [6, 6.07) is 15.6. The van der Waals surface area contributed by atoms with Crippen LogP contribution >= 0.6 is 0 Å². The monoisotopic (exact) mass is 368 g/mol. The maximum Gasteiger partial charge on any atom is 0.321 e. The molecule has 1 aliphatic heterocycles. The highest BCUT2D eigenvalue weighted by Crippen LogP contribution is 2.25. The van der Waals surface area contributed by atoms with Gasteiger partial charge in [-0.3, -0.25) is 15.0 Å². The van der Waals surface area contributed by atoms with Crippen LogP contribution in [0.1, 0.15) is 11.6 Å². The summed E-state index contributed by atoms with van der Waals surface area (Å²) in [6.45, 7) is 2.87. The Morgan fingerprint density at radius 1 is 0.963 bits per heavy atom. The van der Waals surface area contributed by atoms with Crippen LogP contribution in [0.3, 0.4) is 0 Å². The van der Waals surface area contributed by atoms with Crippen molar-refractivity contribution in [2.45, 2.75) is 6.04 Å². The fraction of sp³-hybridized carbons (Fsp3) is 0.300. The Hall–Kier alpha value is -3.06. The molecule has 0 radical (unpaired) electrons. The molecule has 0 unspecified atom stereocenters. The largest absolute Gasteiger partial charge is 0.508 e. The Morgan fingerprint density at radius 3 is 2.19 bits per heavy atom. The van der Waals surface area contributed by atoms with E-state index in [1.807, 2.05) is 42.5 Å². The van der Waals surface area contributed by atoms with Gasteiger partial charge in [0.25, 0.3) is 0 Å². The van der Waals surface area contributed by atoms with Gasteiger partial charge < -0.3 is 15.3 Å². The molecular weight excluding hydrogens is 344 g/mol. The van der Waals surface area contributed by atoms with Crippen molar-refractivity contribution in [1.29, 1.82) is 0 Å². The van der Waals surface area contributed by atoms with E-state index >= 15 is 0 Å². The second-order valence-corrected chi connectivity index (χ2v) is 6.42. The molecule has 1 heterocycles. The van der Waals surface area contributed by atoms with Gasteiger partial charge in [-0.2, -0.15) is 0 Å². The van der Waals surface area contributed by atoms with Gasteiger partial charge in [0.1, 0.15) is 11.8 Å². The number of anilines is 1. The van der Waals surface area contributed by atoms with Crippen LogP contribution in [-0.4, -0.2) is 55.2 Å². The lowest BCUT2D eigenvalue weighted by Gasteiger charge is -2.39. The Labute approximate surface area is 158 Å². The number of urea groups is 1. The lowest BCUT2D eigenvalue weighted by molar-refractivity contribution is -0.125. The predicted molar refractivity (Wildman–Crippen MR) is 104 cm³/mol. The zero-order valence-corrected chi connectivity index (χ0v) is 15.3. The summed E-state index contributed by atoms with van der Waals surface area (Å²) in [5.41, 5.74) is 1.90. The number of phenols is 1. The SMILES string of the molecule is CNC(=O)NC(=O)[C@@H](c1ccccc1)N1CCN(c2ccc(O)cc2)CC1. The first-order chi connectivity index (χ1) is 13.1. The summed E-state index contributed by atoms with van der Waals surface area (Å²) in [5, 5.41) is 14.3. The van der Waals surface area contributed by atoms with Gasteiger partial charge in [0.15, 0.2) is 0 Å². The van der Waals surface area contributed by atoms with E-state index in [4.69, 9.17) is 0 Å². The number of hydrogen-bond donors (Lipinski definition) is 3. The normalized spacial score (nSPS) is 15.8. The van der Waals surface area contributed by atoms with Gasteiger partial charge in [0, 0.05) is 38.9 Å². The zero-order valence-electron chi connectivity index (χ0n) is 15.3. The third kappa shape index (κ3) is 4.57. The molecule has 0 aliphatic carbocycles. The van der Waals surface area contributed by atoms with Crippen molar-refractivity contribution in [3.05, 3.63) is 60.2 Å². The number of rotatable bonds is 4. The number of hydrogen-bond acceptors (Lipinski definition) is 5. The highest BCUT2D eigenvalue weighted by Gasteiger charge is 2.31. The van der Waals surface area contributed by atoms with Crippen LogP contribution in [0.5, 0.6) is 5.75 Å². The average molecular weight is 368 g/mol. The van der Waals surface area contributed by atoms with Gasteiger partial charge >= 0.3 is 6.03 Å². The van der Waals surface area contributed by atoms with Crippen LogP contribution < -0.4 is 15.5 Å². The number of nitrogens with one attached hydrogen (secondary N) is 2. The molecule has 2 aromatic carbocycles. The molecule has 1 saturated heterocycles. The highest BCUT2D eigenvalue weighted by atomic mass is 16.3. The van der Waals surface area contributed by atoms with Gasteiger partial charge in [-0.15, -0.1) is 0 Å². The van der Waals surface area contributed by atoms with Crippen LogP contribution in [0.25, 0.3) is 0 Å². The molecular formula is C20H24N4O3. The molecule has 1 fully saturated rings. The van der Waals surface area contributed by atoms with E-state index in [9.17, 15) is 14.7 Å². The molecule has 27 heavy (non-hydrogen) atoms. The van der Waals surface area contributed by atoms with E-state index in [-0.39, 0.29) is 11.7 Å². The van der Waals surface area contributed by atoms with Crippen molar-refractivity contribution in [1.82, 2.24) is 15.5 Å². The Bertz CT molecular complexity index is 772. The van der Waals surface area contributed by atoms with Gasteiger partial charge in [-0.25, -0.2) is 4.79 Å². The van der Waals surface area contributed by atoms with E-state index < -0.39 is 12.1 Å². The van der Waals surface area contributed by atoms with Crippen LogP contribution in [0.4, 0.5) is 10.5 Å². The third-order valence-corrected chi connectivity index (χ3v) is 4.72.